The van der Waals surface area contributed by atoms with Crippen LogP contribution in [0, 0.1) is 0 Å². The van der Waals surface area contributed by atoms with Crippen LogP contribution in [0.5, 0.6) is 11.5 Å². The molecule has 33 heavy (non-hydrogen) atoms. The molecule has 1 N–H and O–H groups in total. The lowest BCUT2D eigenvalue weighted by Gasteiger charge is -2.26. The first kappa shape index (κ1) is 21.3. The van der Waals surface area contributed by atoms with Gasteiger partial charge in [-0.1, -0.05) is 58.4 Å². The van der Waals surface area contributed by atoms with Crippen LogP contribution in [-0.2, 0) is 16.1 Å². The van der Waals surface area contributed by atoms with Crippen molar-refractivity contribution in [3.63, 3.8) is 0 Å². The largest absolute Gasteiger partial charge is 0.507 e. The van der Waals surface area contributed by atoms with E-state index in [-0.39, 0.29) is 17.9 Å². The maximum Gasteiger partial charge on any atom is 0.295 e. The van der Waals surface area contributed by atoms with E-state index < -0.39 is 17.7 Å². The van der Waals surface area contributed by atoms with E-state index in [1.165, 1.54) is 4.90 Å². The molecule has 2 aliphatic rings. The van der Waals surface area contributed by atoms with Crippen molar-refractivity contribution >= 4 is 33.4 Å². The third-order valence-corrected chi connectivity index (χ3v) is 6.21. The Labute approximate surface area is 199 Å². The molecule has 0 aliphatic carbocycles. The Morgan fingerprint density at radius 1 is 0.939 bits per heavy atom. The Kier molecular flexibility index (Phi) is 5.64. The topological polar surface area (TPSA) is 76.1 Å². The number of fused-ring (bicyclic) bond motifs is 1. The summed E-state index contributed by atoms with van der Waals surface area (Å²) in [5, 5.41) is 11.3. The summed E-state index contributed by atoms with van der Waals surface area (Å²) >= 11 is 3.47. The number of ketones is 1. The number of rotatable bonds is 4. The van der Waals surface area contributed by atoms with Crippen molar-refractivity contribution in [2.24, 2.45) is 0 Å². The Hall–Kier alpha value is -3.58. The monoisotopic (exact) mass is 505 g/mol. The molecule has 6 nitrogen and oxygen atoms in total. The first-order valence-electron chi connectivity index (χ1n) is 10.5. The fourth-order valence-corrected chi connectivity index (χ4v) is 4.61. The van der Waals surface area contributed by atoms with Crippen LogP contribution in [0.15, 0.2) is 82.8 Å². The molecule has 1 unspecified atom stereocenters. The van der Waals surface area contributed by atoms with Gasteiger partial charge in [0.15, 0.2) is 11.5 Å². The van der Waals surface area contributed by atoms with E-state index in [9.17, 15) is 14.7 Å². The quantitative estimate of drug-likeness (QED) is 0.311. The molecular weight excluding hydrogens is 486 g/mol. The van der Waals surface area contributed by atoms with Crippen LogP contribution in [-0.4, -0.2) is 34.9 Å². The van der Waals surface area contributed by atoms with Gasteiger partial charge >= 0.3 is 0 Å². The van der Waals surface area contributed by atoms with Crippen molar-refractivity contribution in [3.05, 3.63) is 99.5 Å². The number of carbonyl (C=O) groups excluding carboxylic acids is 2. The average molecular weight is 506 g/mol. The third kappa shape index (κ3) is 4.00. The number of carbonyl (C=O) groups is 2. The lowest BCUT2D eigenvalue weighted by molar-refractivity contribution is -0.140. The second-order valence-electron chi connectivity index (χ2n) is 7.83. The molecular formula is C26H20BrNO5. The molecule has 1 fully saturated rings. The standard InChI is InChI=1S/C26H20BrNO5/c27-19-8-4-7-17(13-19)23-22(24(29)18-9-10-20-21(14-18)33-12-11-32-20)25(30)26(31)28(23)15-16-5-2-1-3-6-16/h1-10,13-14,23,29H,11-12,15H2/b24-22-. The minimum Gasteiger partial charge on any atom is -0.507 e. The molecule has 0 spiro atoms. The van der Waals surface area contributed by atoms with Crippen LogP contribution < -0.4 is 9.47 Å². The number of hydrogen-bond donors (Lipinski definition) is 1. The number of amides is 1. The molecule has 3 aromatic carbocycles. The predicted octanol–water partition coefficient (Wildman–Crippen LogP) is 4.84. The summed E-state index contributed by atoms with van der Waals surface area (Å²) in [6.07, 6.45) is 0. The van der Waals surface area contributed by atoms with Gasteiger partial charge in [-0.2, -0.15) is 0 Å². The molecule has 2 heterocycles. The molecule has 2 aliphatic heterocycles. The average Bonchev–Trinajstić information content (AvgIpc) is 3.09. The molecule has 0 saturated carbocycles. The highest BCUT2D eigenvalue weighted by Gasteiger charge is 2.46. The minimum absolute atomic E-state index is 0.0470. The van der Waals surface area contributed by atoms with Crippen molar-refractivity contribution in [2.45, 2.75) is 12.6 Å². The van der Waals surface area contributed by atoms with Gasteiger partial charge in [-0.15, -0.1) is 0 Å². The van der Waals surface area contributed by atoms with Gasteiger partial charge in [0.25, 0.3) is 11.7 Å². The zero-order chi connectivity index (χ0) is 22.9. The fraction of sp³-hybridized carbons (Fsp3) is 0.154. The van der Waals surface area contributed by atoms with E-state index in [1.54, 1.807) is 18.2 Å². The molecule has 7 heteroatoms. The number of likely N-dealkylation sites (tertiary alicyclic amines) is 1. The summed E-state index contributed by atoms with van der Waals surface area (Å²) in [7, 11) is 0. The van der Waals surface area contributed by atoms with Crippen molar-refractivity contribution < 1.29 is 24.2 Å². The highest BCUT2D eigenvalue weighted by molar-refractivity contribution is 9.10. The van der Waals surface area contributed by atoms with E-state index in [0.29, 0.717) is 30.3 Å². The molecule has 1 atom stereocenters. The Morgan fingerprint density at radius 3 is 2.45 bits per heavy atom. The molecule has 0 bridgehead atoms. The summed E-state index contributed by atoms with van der Waals surface area (Å²) in [6.45, 7) is 1.09. The van der Waals surface area contributed by atoms with Crippen molar-refractivity contribution in [1.29, 1.82) is 0 Å². The molecule has 1 amide bonds. The number of aliphatic hydroxyl groups is 1. The van der Waals surface area contributed by atoms with Gasteiger partial charge in [0.2, 0.25) is 0 Å². The van der Waals surface area contributed by atoms with Gasteiger partial charge < -0.3 is 19.5 Å². The van der Waals surface area contributed by atoms with Gasteiger partial charge in [0, 0.05) is 16.6 Å². The van der Waals surface area contributed by atoms with Gasteiger partial charge in [-0.25, -0.2) is 0 Å². The Bertz CT molecular complexity index is 1270. The molecule has 166 valence electrons. The van der Waals surface area contributed by atoms with E-state index in [4.69, 9.17) is 9.47 Å². The minimum atomic E-state index is -0.740. The van der Waals surface area contributed by atoms with Crippen LogP contribution in [0.2, 0.25) is 0 Å². The smallest absolute Gasteiger partial charge is 0.295 e. The highest BCUT2D eigenvalue weighted by atomic mass is 79.9. The van der Waals surface area contributed by atoms with Crippen molar-refractivity contribution in [1.82, 2.24) is 4.90 Å². The number of ether oxygens (including phenoxy) is 2. The van der Waals surface area contributed by atoms with Crippen LogP contribution >= 0.6 is 15.9 Å². The summed E-state index contributed by atoms with van der Waals surface area (Å²) in [5.74, 6) is -0.550. The van der Waals surface area contributed by atoms with Crippen LogP contribution in [0.4, 0.5) is 0 Å². The number of nitrogens with zero attached hydrogens (tertiary/aromatic N) is 1. The summed E-state index contributed by atoms with van der Waals surface area (Å²) in [5.41, 5.74) is 2.04. The van der Waals surface area contributed by atoms with E-state index in [1.807, 2.05) is 54.6 Å². The number of halogens is 1. The molecule has 1 saturated heterocycles. The highest BCUT2D eigenvalue weighted by Crippen LogP contribution is 2.42. The van der Waals surface area contributed by atoms with E-state index >= 15 is 0 Å². The molecule has 5 rings (SSSR count). The number of Topliss-reactive ketones (excluding diaryl/α,β-unsaturated/α-hetero) is 1. The molecule has 0 radical (unpaired) electrons. The lowest BCUT2D eigenvalue weighted by Crippen LogP contribution is -2.29. The SMILES string of the molecule is O=C1C(=O)N(Cc2ccccc2)C(c2cccc(Br)c2)/C1=C(/O)c1ccc2c(c1)OCCO2. The third-order valence-electron chi connectivity index (χ3n) is 5.72. The van der Waals surface area contributed by atoms with Crippen molar-refractivity contribution in [3.8, 4) is 11.5 Å². The summed E-state index contributed by atoms with van der Waals surface area (Å²) in [6, 6.07) is 21.1. The van der Waals surface area contributed by atoms with Gasteiger partial charge in [-0.3, -0.25) is 9.59 Å². The second-order valence-corrected chi connectivity index (χ2v) is 8.74. The fourth-order valence-electron chi connectivity index (χ4n) is 4.19. The number of aliphatic hydroxyl groups excluding tert-OH is 1. The Balaban J connectivity index is 1.64. The summed E-state index contributed by atoms with van der Waals surface area (Å²) < 4.78 is 12.0. The van der Waals surface area contributed by atoms with Gasteiger partial charge in [0.1, 0.15) is 19.0 Å². The maximum absolute atomic E-state index is 13.2. The first-order valence-corrected chi connectivity index (χ1v) is 11.3. The zero-order valence-corrected chi connectivity index (χ0v) is 19.1. The van der Waals surface area contributed by atoms with E-state index in [2.05, 4.69) is 15.9 Å². The molecule has 0 aromatic heterocycles. The summed E-state index contributed by atoms with van der Waals surface area (Å²) in [4.78, 5) is 27.8. The van der Waals surface area contributed by atoms with Crippen molar-refractivity contribution in [2.75, 3.05) is 13.2 Å². The van der Waals surface area contributed by atoms with E-state index in [0.717, 1.165) is 15.6 Å². The second kappa shape index (κ2) is 8.75. The predicted molar refractivity (Wildman–Crippen MR) is 126 cm³/mol. The molecule has 3 aromatic rings. The lowest BCUT2D eigenvalue weighted by atomic mass is 9.95. The number of benzene rings is 3. The zero-order valence-electron chi connectivity index (χ0n) is 17.5. The van der Waals surface area contributed by atoms with Gasteiger partial charge in [0.05, 0.1) is 11.6 Å². The van der Waals surface area contributed by atoms with Crippen LogP contribution in [0.25, 0.3) is 5.76 Å². The van der Waals surface area contributed by atoms with Crippen LogP contribution in [0.3, 0.4) is 0 Å². The normalized spacial score (nSPS) is 19.1. The van der Waals surface area contributed by atoms with Crippen LogP contribution in [0.1, 0.15) is 22.7 Å². The Morgan fingerprint density at radius 2 is 1.70 bits per heavy atom. The number of hydrogen-bond acceptors (Lipinski definition) is 5. The van der Waals surface area contributed by atoms with Gasteiger partial charge in [-0.05, 0) is 41.5 Å². The maximum atomic E-state index is 13.2. The first-order chi connectivity index (χ1) is 16.0.